The fourth-order valence-electron chi connectivity index (χ4n) is 4.18. The number of carbonyl (C=O) groups is 1. The summed E-state index contributed by atoms with van der Waals surface area (Å²) in [6, 6.07) is 19.7. The molecule has 1 aliphatic carbocycles. The third kappa shape index (κ3) is 4.25. The highest BCUT2D eigenvalue weighted by atomic mass is 16.5. The molecule has 0 fully saturated rings. The Morgan fingerprint density at radius 1 is 0.969 bits per heavy atom. The average molecular weight is 431 g/mol. The first-order valence-corrected chi connectivity index (χ1v) is 10.6. The molecular weight excluding hydrogens is 404 g/mol. The van der Waals surface area contributed by atoms with Crippen molar-refractivity contribution < 1.29 is 24.1 Å². The Morgan fingerprint density at radius 2 is 1.69 bits per heavy atom. The monoisotopic (exact) mass is 430 g/mol. The number of hydrogen-bond acceptors (Lipinski definition) is 5. The van der Waals surface area contributed by atoms with Gasteiger partial charge in [0.25, 0.3) is 0 Å². The third-order valence-electron chi connectivity index (χ3n) is 5.74. The summed E-state index contributed by atoms with van der Waals surface area (Å²) >= 11 is 0. The Morgan fingerprint density at radius 3 is 2.34 bits per heavy atom. The number of methoxy groups -OCH3 is 2. The molecule has 0 saturated heterocycles. The van der Waals surface area contributed by atoms with E-state index >= 15 is 0 Å². The summed E-state index contributed by atoms with van der Waals surface area (Å²) in [6.45, 7) is 0.198. The number of rotatable bonds is 7. The first-order valence-electron chi connectivity index (χ1n) is 10.6. The number of fused-ring (bicyclic) bond motifs is 1. The second-order valence-corrected chi connectivity index (χ2v) is 7.54. The van der Waals surface area contributed by atoms with Gasteiger partial charge in [-0.15, -0.1) is 0 Å². The fraction of sp³-hybridized carbons (Fsp3) is 0.222. The number of aliphatic hydroxyl groups excluding tert-OH is 1. The highest BCUT2D eigenvalue weighted by Gasteiger charge is 2.26. The number of allylic oxidation sites excluding steroid dienone is 1. The van der Waals surface area contributed by atoms with Gasteiger partial charge in [-0.3, -0.25) is 0 Å². The van der Waals surface area contributed by atoms with Gasteiger partial charge in [-0.05, 0) is 58.5 Å². The van der Waals surface area contributed by atoms with Crippen LogP contribution in [0.1, 0.15) is 39.4 Å². The Kier molecular flexibility index (Phi) is 6.57. The summed E-state index contributed by atoms with van der Waals surface area (Å²) in [4.78, 5) is 12.9. The topological polar surface area (TPSA) is 65.0 Å². The molecule has 1 N–H and O–H groups in total. The van der Waals surface area contributed by atoms with Gasteiger partial charge in [0.05, 0.1) is 26.4 Å². The third-order valence-corrected chi connectivity index (χ3v) is 5.74. The SMILES string of the molecule is COC(=O)c1c(-c2ccc(OCCO)cc2)ccc2c1C=CCC2c1ccc(OC)cc1. The quantitative estimate of drug-likeness (QED) is 0.530. The Balaban J connectivity index is 1.77. The van der Waals surface area contributed by atoms with Crippen molar-refractivity contribution in [2.75, 3.05) is 27.4 Å². The van der Waals surface area contributed by atoms with E-state index in [0.717, 1.165) is 34.4 Å². The lowest BCUT2D eigenvalue weighted by molar-refractivity contribution is 0.0601. The van der Waals surface area contributed by atoms with Crippen molar-refractivity contribution >= 4 is 12.0 Å². The Labute approximate surface area is 187 Å². The van der Waals surface area contributed by atoms with Gasteiger partial charge in [-0.2, -0.15) is 0 Å². The Hall–Kier alpha value is -3.57. The number of aliphatic hydroxyl groups is 1. The van der Waals surface area contributed by atoms with Crippen LogP contribution in [0.3, 0.4) is 0 Å². The minimum absolute atomic E-state index is 0.0409. The van der Waals surface area contributed by atoms with Crippen LogP contribution < -0.4 is 9.47 Å². The molecule has 1 atom stereocenters. The highest BCUT2D eigenvalue weighted by Crippen LogP contribution is 2.40. The van der Waals surface area contributed by atoms with Crippen LogP contribution >= 0.6 is 0 Å². The van der Waals surface area contributed by atoms with Crippen molar-refractivity contribution in [1.29, 1.82) is 0 Å². The van der Waals surface area contributed by atoms with Gasteiger partial charge in [0.1, 0.15) is 18.1 Å². The minimum atomic E-state index is -0.363. The van der Waals surface area contributed by atoms with E-state index in [4.69, 9.17) is 19.3 Å². The summed E-state index contributed by atoms with van der Waals surface area (Å²) in [5.41, 5.74) is 5.43. The van der Waals surface area contributed by atoms with E-state index in [0.29, 0.717) is 11.3 Å². The molecule has 0 spiro atoms. The molecule has 164 valence electrons. The average Bonchev–Trinajstić information content (AvgIpc) is 2.86. The first kappa shape index (κ1) is 21.7. The molecular formula is C27H26O5. The second-order valence-electron chi connectivity index (χ2n) is 7.54. The predicted octanol–water partition coefficient (Wildman–Crippen LogP) is 5.07. The van der Waals surface area contributed by atoms with E-state index in [1.54, 1.807) is 7.11 Å². The fourth-order valence-corrected chi connectivity index (χ4v) is 4.18. The van der Waals surface area contributed by atoms with Crippen molar-refractivity contribution in [2.45, 2.75) is 12.3 Å². The Bertz CT molecular complexity index is 1110. The van der Waals surface area contributed by atoms with Gasteiger partial charge < -0.3 is 19.3 Å². The van der Waals surface area contributed by atoms with Crippen molar-refractivity contribution in [2.24, 2.45) is 0 Å². The van der Waals surface area contributed by atoms with Crippen LogP contribution in [0.4, 0.5) is 0 Å². The summed E-state index contributed by atoms with van der Waals surface area (Å²) in [6.07, 6.45) is 4.99. The summed E-state index contributed by atoms with van der Waals surface area (Å²) in [5.74, 6) is 1.27. The zero-order valence-corrected chi connectivity index (χ0v) is 18.2. The maximum atomic E-state index is 12.9. The maximum absolute atomic E-state index is 12.9. The molecule has 0 radical (unpaired) electrons. The zero-order valence-electron chi connectivity index (χ0n) is 18.2. The molecule has 0 heterocycles. The number of esters is 1. The van der Waals surface area contributed by atoms with Crippen LogP contribution in [0, 0.1) is 0 Å². The predicted molar refractivity (Wildman–Crippen MR) is 124 cm³/mol. The van der Waals surface area contributed by atoms with Crippen LogP contribution in [0.25, 0.3) is 17.2 Å². The standard InChI is InChI=1S/C27H26O5/c1-30-20-10-6-18(7-11-20)22-4-3-5-25-24(22)15-14-23(26(25)27(29)31-2)19-8-12-21(13-9-19)32-17-16-28/h3,5-15,22,28H,4,16-17H2,1-2H3. The van der Waals surface area contributed by atoms with E-state index < -0.39 is 0 Å². The smallest absolute Gasteiger partial charge is 0.339 e. The molecule has 3 aromatic carbocycles. The first-order chi connectivity index (χ1) is 15.7. The molecule has 0 aromatic heterocycles. The number of benzene rings is 3. The van der Waals surface area contributed by atoms with Crippen molar-refractivity contribution in [3.8, 4) is 22.6 Å². The van der Waals surface area contributed by atoms with Crippen LogP contribution in [0.2, 0.25) is 0 Å². The van der Waals surface area contributed by atoms with Crippen LogP contribution in [-0.2, 0) is 4.74 Å². The lowest BCUT2D eigenvalue weighted by Gasteiger charge is -2.25. The molecule has 5 nitrogen and oxygen atoms in total. The van der Waals surface area contributed by atoms with Gasteiger partial charge in [0, 0.05) is 5.92 Å². The molecule has 0 saturated carbocycles. The van der Waals surface area contributed by atoms with E-state index in [9.17, 15) is 4.79 Å². The summed E-state index contributed by atoms with van der Waals surface area (Å²) in [5, 5.41) is 8.94. The molecule has 5 heteroatoms. The van der Waals surface area contributed by atoms with E-state index in [2.05, 4.69) is 24.3 Å². The molecule has 0 bridgehead atoms. The number of ether oxygens (including phenoxy) is 3. The van der Waals surface area contributed by atoms with Crippen molar-refractivity contribution in [3.05, 3.63) is 89.0 Å². The molecule has 32 heavy (non-hydrogen) atoms. The largest absolute Gasteiger partial charge is 0.497 e. The summed E-state index contributed by atoms with van der Waals surface area (Å²) < 4.78 is 15.9. The number of carbonyl (C=O) groups excluding carboxylic acids is 1. The lowest BCUT2D eigenvalue weighted by Crippen LogP contribution is -2.13. The molecule has 1 unspecified atom stereocenters. The van der Waals surface area contributed by atoms with Gasteiger partial charge in [-0.1, -0.05) is 48.6 Å². The molecule has 0 amide bonds. The van der Waals surface area contributed by atoms with Gasteiger partial charge in [-0.25, -0.2) is 4.79 Å². The zero-order chi connectivity index (χ0) is 22.5. The molecule has 3 aromatic rings. The number of hydrogen-bond donors (Lipinski definition) is 1. The van der Waals surface area contributed by atoms with Crippen LogP contribution in [0.15, 0.2) is 66.7 Å². The van der Waals surface area contributed by atoms with Crippen molar-refractivity contribution in [1.82, 2.24) is 0 Å². The minimum Gasteiger partial charge on any atom is -0.497 e. The van der Waals surface area contributed by atoms with Gasteiger partial charge in [0.2, 0.25) is 0 Å². The molecule has 0 aliphatic heterocycles. The molecule has 4 rings (SSSR count). The van der Waals surface area contributed by atoms with E-state index in [-0.39, 0.29) is 25.1 Å². The lowest BCUT2D eigenvalue weighted by atomic mass is 9.79. The van der Waals surface area contributed by atoms with E-state index in [1.165, 1.54) is 12.7 Å². The van der Waals surface area contributed by atoms with Crippen molar-refractivity contribution in [3.63, 3.8) is 0 Å². The normalized spacial score (nSPS) is 14.5. The van der Waals surface area contributed by atoms with E-state index in [1.807, 2.05) is 48.5 Å². The van der Waals surface area contributed by atoms with Crippen LogP contribution in [-0.4, -0.2) is 38.5 Å². The second kappa shape index (κ2) is 9.71. The van der Waals surface area contributed by atoms with Gasteiger partial charge in [0.15, 0.2) is 0 Å². The molecule has 1 aliphatic rings. The van der Waals surface area contributed by atoms with Crippen LogP contribution in [0.5, 0.6) is 11.5 Å². The maximum Gasteiger partial charge on any atom is 0.339 e. The van der Waals surface area contributed by atoms with Gasteiger partial charge >= 0.3 is 5.97 Å². The highest BCUT2D eigenvalue weighted by molar-refractivity contribution is 6.02. The summed E-state index contributed by atoms with van der Waals surface area (Å²) in [7, 11) is 3.06.